The summed E-state index contributed by atoms with van der Waals surface area (Å²) in [6.07, 6.45) is 1.68. The van der Waals surface area contributed by atoms with E-state index in [-0.39, 0.29) is 5.82 Å². The van der Waals surface area contributed by atoms with Crippen molar-refractivity contribution in [2.24, 2.45) is 5.10 Å². The van der Waals surface area contributed by atoms with Crippen molar-refractivity contribution in [3.05, 3.63) is 64.7 Å². The van der Waals surface area contributed by atoms with E-state index in [2.05, 4.69) is 46.2 Å². The van der Waals surface area contributed by atoms with Crippen molar-refractivity contribution in [3.63, 3.8) is 0 Å². The molecule has 0 aliphatic carbocycles. The van der Waals surface area contributed by atoms with Gasteiger partial charge in [0, 0.05) is 18.8 Å². The Morgan fingerprint density at radius 2 is 1.85 bits per heavy atom. The van der Waals surface area contributed by atoms with Gasteiger partial charge in [0.2, 0.25) is 4.77 Å². The van der Waals surface area contributed by atoms with E-state index in [9.17, 15) is 4.39 Å². The Balaban J connectivity index is 1.89. The molecule has 3 rings (SSSR count). The molecule has 1 N–H and O–H groups in total. The van der Waals surface area contributed by atoms with Gasteiger partial charge < -0.3 is 4.90 Å². The number of aromatic nitrogens is 3. The lowest BCUT2D eigenvalue weighted by atomic mass is 10.2. The number of aromatic amines is 1. The van der Waals surface area contributed by atoms with Gasteiger partial charge in [-0.1, -0.05) is 24.3 Å². The number of nitrogens with zero attached hydrogens (tertiary/aromatic N) is 4. The van der Waals surface area contributed by atoms with Gasteiger partial charge in [-0.3, -0.25) is 0 Å². The molecule has 1 aromatic heterocycles. The summed E-state index contributed by atoms with van der Waals surface area (Å²) in [4.78, 5) is 2.27. The predicted octanol–water partition coefficient (Wildman–Crippen LogP) is 4.48. The van der Waals surface area contributed by atoms with E-state index in [0.717, 1.165) is 18.7 Å². The largest absolute Gasteiger partial charge is 0.372 e. The summed E-state index contributed by atoms with van der Waals surface area (Å²) in [6, 6.07) is 14.5. The van der Waals surface area contributed by atoms with Crippen LogP contribution in [0, 0.1) is 10.6 Å². The van der Waals surface area contributed by atoms with Crippen LogP contribution in [0.15, 0.2) is 53.6 Å². The highest BCUT2D eigenvalue weighted by molar-refractivity contribution is 7.71. The minimum atomic E-state index is -0.374. The minimum absolute atomic E-state index is 0.305. The van der Waals surface area contributed by atoms with Crippen LogP contribution in [0.4, 0.5) is 10.1 Å². The molecule has 2 aromatic carbocycles. The van der Waals surface area contributed by atoms with Crippen molar-refractivity contribution >= 4 is 24.1 Å². The van der Waals surface area contributed by atoms with Gasteiger partial charge in [-0.2, -0.15) is 14.9 Å². The van der Waals surface area contributed by atoms with E-state index in [1.807, 2.05) is 12.1 Å². The molecule has 0 bridgehead atoms. The Morgan fingerprint density at radius 3 is 2.50 bits per heavy atom. The third kappa shape index (κ3) is 3.72. The van der Waals surface area contributed by atoms with E-state index in [0.29, 0.717) is 16.2 Å². The van der Waals surface area contributed by atoms with E-state index in [1.54, 1.807) is 24.4 Å². The summed E-state index contributed by atoms with van der Waals surface area (Å²) in [5.41, 5.74) is 2.43. The SMILES string of the molecule is CCN(CC)c1ccc(C=Nn2c(-c3ccccc3F)n[nH]c2=S)cc1. The van der Waals surface area contributed by atoms with Gasteiger partial charge in [0.25, 0.3) is 0 Å². The van der Waals surface area contributed by atoms with Crippen LogP contribution >= 0.6 is 12.2 Å². The molecule has 1 heterocycles. The zero-order chi connectivity index (χ0) is 18.5. The molecule has 0 aliphatic heterocycles. The fourth-order valence-corrected chi connectivity index (χ4v) is 2.88. The van der Waals surface area contributed by atoms with Crippen molar-refractivity contribution in [1.82, 2.24) is 14.9 Å². The lowest BCUT2D eigenvalue weighted by molar-refractivity contribution is 0.628. The molecule has 0 fully saturated rings. The number of H-pyrrole nitrogens is 1. The van der Waals surface area contributed by atoms with Gasteiger partial charge in [-0.25, -0.2) is 9.49 Å². The smallest absolute Gasteiger partial charge is 0.216 e. The maximum atomic E-state index is 14.1. The molecule has 26 heavy (non-hydrogen) atoms. The van der Waals surface area contributed by atoms with Gasteiger partial charge in [-0.15, -0.1) is 0 Å². The lowest BCUT2D eigenvalue weighted by Gasteiger charge is -2.20. The first-order chi connectivity index (χ1) is 12.6. The second-order valence-electron chi connectivity index (χ2n) is 5.65. The predicted molar refractivity (Wildman–Crippen MR) is 106 cm³/mol. The number of benzene rings is 2. The Hall–Kier alpha value is -2.80. The van der Waals surface area contributed by atoms with Crippen LogP contribution in [-0.2, 0) is 0 Å². The van der Waals surface area contributed by atoms with E-state index in [4.69, 9.17) is 12.2 Å². The fourth-order valence-electron chi connectivity index (χ4n) is 2.70. The molecule has 0 spiro atoms. The molecule has 0 amide bonds. The number of anilines is 1. The third-order valence-corrected chi connectivity index (χ3v) is 4.37. The van der Waals surface area contributed by atoms with Crippen molar-refractivity contribution in [1.29, 1.82) is 0 Å². The Morgan fingerprint density at radius 1 is 1.15 bits per heavy atom. The molecular weight excluding hydrogens is 349 g/mol. The van der Waals surface area contributed by atoms with E-state index >= 15 is 0 Å². The molecule has 0 radical (unpaired) electrons. The van der Waals surface area contributed by atoms with Crippen molar-refractivity contribution in [2.45, 2.75) is 13.8 Å². The number of rotatable bonds is 6. The van der Waals surface area contributed by atoms with Gasteiger partial charge >= 0.3 is 0 Å². The fraction of sp³-hybridized carbons (Fsp3) is 0.211. The second kappa shape index (κ2) is 8.05. The van der Waals surface area contributed by atoms with Crippen molar-refractivity contribution < 1.29 is 4.39 Å². The molecule has 5 nitrogen and oxygen atoms in total. The van der Waals surface area contributed by atoms with Gasteiger partial charge in [-0.05, 0) is 55.9 Å². The van der Waals surface area contributed by atoms with E-state index in [1.165, 1.54) is 16.4 Å². The molecular formula is C19H20FN5S. The van der Waals surface area contributed by atoms with Crippen LogP contribution < -0.4 is 4.90 Å². The molecule has 0 saturated heterocycles. The van der Waals surface area contributed by atoms with Crippen molar-refractivity contribution in [2.75, 3.05) is 18.0 Å². The normalized spacial score (nSPS) is 11.2. The summed E-state index contributed by atoms with van der Waals surface area (Å²) in [7, 11) is 0. The maximum absolute atomic E-state index is 14.1. The van der Waals surface area contributed by atoms with Crippen LogP contribution in [0.25, 0.3) is 11.4 Å². The van der Waals surface area contributed by atoms with Crippen LogP contribution in [0.3, 0.4) is 0 Å². The zero-order valence-corrected chi connectivity index (χ0v) is 15.5. The summed E-state index contributed by atoms with van der Waals surface area (Å²) in [6.45, 7) is 6.17. The van der Waals surface area contributed by atoms with Gasteiger partial charge in [0.1, 0.15) is 5.82 Å². The highest BCUT2D eigenvalue weighted by atomic mass is 32.1. The van der Waals surface area contributed by atoms with Gasteiger partial charge in [0.05, 0.1) is 11.8 Å². The first kappa shape index (κ1) is 18.0. The Kier molecular flexibility index (Phi) is 5.58. The van der Waals surface area contributed by atoms with Gasteiger partial charge in [0.15, 0.2) is 5.82 Å². The molecule has 0 unspecified atom stereocenters. The molecule has 3 aromatic rings. The van der Waals surface area contributed by atoms with Crippen LogP contribution in [0.2, 0.25) is 0 Å². The monoisotopic (exact) mass is 369 g/mol. The standard InChI is InChI=1S/C19H20FN5S/c1-3-24(4-2)15-11-9-14(10-12-15)13-21-25-18(22-23-19(25)26)16-7-5-6-8-17(16)20/h5-13H,3-4H2,1-2H3,(H,23,26). The Labute approximate surface area is 156 Å². The number of nitrogens with one attached hydrogen (secondary N) is 1. The maximum Gasteiger partial charge on any atom is 0.216 e. The van der Waals surface area contributed by atoms with E-state index < -0.39 is 0 Å². The van der Waals surface area contributed by atoms with Crippen molar-refractivity contribution in [3.8, 4) is 11.4 Å². The molecule has 0 atom stereocenters. The summed E-state index contributed by atoms with van der Waals surface area (Å²) < 4.78 is 15.8. The van der Waals surface area contributed by atoms with Crippen LogP contribution in [0.5, 0.6) is 0 Å². The second-order valence-corrected chi connectivity index (χ2v) is 6.04. The lowest BCUT2D eigenvalue weighted by Crippen LogP contribution is -2.21. The third-order valence-electron chi connectivity index (χ3n) is 4.11. The Bertz CT molecular complexity index is 955. The molecule has 0 saturated carbocycles. The highest BCUT2D eigenvalue weighted by Crippen LogP contribution is 2.20. The number of hydrogen-bond donors (Lipinski definition) is 1. The number of hydrogen-bond acceptors (Lipinski definition) is 4. The average molecular weight is 369 g/mol. The minimum Gasteiger partial charge on any atom is -0.372 e. The quantitative estimate of drug-likeness (QED) is 0.515. The molecule has 134 valence electrons. The molecule has 7 heteroatoms. The molecule has 0 aliphatic rings. The highest BCUT2D eigenvalue weighted by Gasteiger charge is 2.12. The first-order valence-electron chi connectivity index (χ1n) is 8.45. The topological polar surface area (TPSA) is 49.2 Å². The number of halogens is 1. The summed E-state index contributed by atoms with van der Waals surface area (Å²) in [5, 5.41) is 11.2. The average Bonchev–Trinajstić information content (AvgIpc) is 3.03. The van der Waals surface area contributed by atoms with Crippen LogP contribution in [0.1, 0.15) is 19.4 Å². The first-order valence-corrected chi connectivity index (χ1v) is 8.86. The summed E-state index contributed by atoms with van der Waals surface area (Å²) in [5.74, 6) is -0.0364. The van der Waals surface area contributed by atoms with Crippen LogP contribution in [-0.4, -0.2) is 34.2 Å². The zero-order valence-electron chi connectivity index (χ0n) is 14.7. The summed E-state index contributed by atoms with van der Waals surface area (Å²) >= 11 is 5.22.